The maximum absolute atomic E-state index is 9.20. The Morgan fingerprint density at radius 2 is 1.25 bits per heavy atom. The minimum Gasteiger partial charge on any atom is -0.336 e. The first-order valence-electron chi connectivity index (χ1n) is 7.70. The van der Waals surface area contributed by atoms with Gasteiger partial charge in [-0.3, -0.25) is 0 Å². The molecule has 0 atom stereocenters. The molecule has 0 saturated heterocycles. The molecule has 0 radical (unpaired) electrons. The Bertz CT molecular complexity index is 1070. The molecule has 112 valence electrons. The van der Waals surface area contributed by atoms with Crippen LogP contribution in [0.2, 0.25) is 0 Å². The summed E-state index contributed by atoms with van der Waals surface area (Å²) in [6.45, 7) is 0.749. The Kier molecular flexibility index (Phi) is 3.26. The molecule has 0 fully saturated rings. The van der Waals surface area contributed by atoms with Crippen LogP contribution in [-0.2, 0) is 6.54 Å². The van der Waals surface area contributed by atoms with Gasteiger partial charge < -0.3 is 4.57 Å². The number of benzene rings is 3. The molecule has 0 amide bonds. The lowest BCUT2D eigenvalue weighted by molar-refractivity contribution is 0.869. The number of hydrogen-bond acceptors (Lipinski definition) is 2. The van der Waals surface area contributed by atoms with E-state index in [2.05, 4.69) is 28.8 Å². The second kappa shape index (κ2) is 5.57. The highest BCUT2D eigenvalue weighted by Crippen LogP contribution is 2.31. The van der Waals surface area contributed by atoms with Crippen molar-refractivity contribution in [1.29, 1.82) is 10.5 Å². The summed E-state index contributed by atoms with van der Waals surface area (Å²) in [5.41, 5.74) is 4.61. The predicted octanol–water partition coefficient (Wildman–Crippen LogP) is 4.59. The van der Waals surface area contributed by atoms with Crippen molar-refractivity contribution in [1.82, 2.24) is 4.57 Å². The lowest BCUT2D eigenvalue weighted by Gasteiger charge is -2.07. The first-order chi connectivity index (χ1) is 11.8. The molecule has 4 rings (SSSR count). The molecule has 0 bridgehead atoms. The van der Waals surface area contributed by atoms with Gasteiger partial charge in [0.25, 0.3) is 0 Å². The molecule has 0 aliphatic carbocycles. The zero-order valence-electron chi connectivity index (χ0n) is 12.9. The van der Waals surface area contributed by atoms with Gasteiger partial charge in [0.2, 0.25) is 0 Å². The first kappa shape index (κ1) is 14.1. The zero-order valence-corrected chi connectivity index (χ0v) is 12.9. The molecule has 4 aromatic rings. The van der Waals surface area contributed by atoms with Crippen LogP contribution in [0.15, 0.2) is 66.7 Å². The maximum atomic E-state index is 9.20. The van der Waals surface area contributed by atoms with Crippen LogP contribution in [0.5, 0.6) is 0 Å². The summed E-state index contributed by atoms with van der Waals surface area (Å²) in [7, 11) is 0. The molecule has 3 nitrogen and oxygen atoms in total. The van der Waals surface area contributed by atoms with Crippen LogP contribution < -0.4 is 0 Å². The molecule has 3 aromatic carbocycles. The molecule has 0 N–H and O–H groups in total. The molecular weight excluding hydrogens is 294 g/mol. The van der Waals surface area contributed by atoms with E-state index in [4.69, 9.17) is 0 Å². The van der Waals surface area contributed by atoms with Gasteiger partial charge in [-0.1, -0.05) is 30.3 Å². The van der Waals surface area contributed by atoms with Crippen LogP contribution in [0, 0.1) is 22.7 Å². The van der Waals surface area contributed by atoms with Gasteiger partial charge in [-0.05, 0) is 42.0 Å². The van der Waals surface area contributed by atoms with E-state index in [1.807, 2.05) is 54.6 Å². The fraction of sp³-hybridized carbons (Fsp3) is 0.0476. The Balaban J connectivity index is 2.04. The molecule has 3 heteroatoms. The van der Waals surface area contributed by atoms with Crippen molar-refractivity contribution in [2.75, 3.05) is 0 Å². The van der Waals surface area contributed by atoms with E-state index in [0.717, 1.165) is 28.4 Å². The maximum Gasteiger partial charge on any atom is 0.0991 e. The Labute approximate surface area is 139 Å². The van der Waals surface area contributed by atoms with Gasteiger partial charge in [-0.2, -0.15) is 10.5 Å². The van der Waals surface area contributed by atoms with E-state index in [-0.39, 0.29) is 0 Å². The van der Waals surface area contributed by atoms with Crippen molar-refractivity contribution in [3.8, 4) is 12.1 Å². The molecule has 1 heterocycles. The SMILES string of the molecule is N#Cc1ccc2c(c1)c1cc(C#N)ccc1n2Cc1ccccc1. The van der Waals surface area contributed by atoms with Gasteiger partial charge in [-0.15, -0.1) is 0 Å². The Morgan fingerprint density at radius 1 is 0.708 bits per heavy atom. The van der Waals surface area contributed by atoms with Crippen molar-refractivity contribution < 1.29 is 0 Å². The summed E-state index contributed by atoms with van der Waals surface area (Å²) in [5.74, 6) is 0. The molecular formula is C21H13N3. The fourth-order valence-corrected chi connectivity index (χ4v) is 3.18. The van der Waals surface area contributed by atoms with Gasteiger partial charge in [0.15, 0.2) is 0 Å². The topological polar surface area (TPSA) is 52.5 Å². The van der Waals surface area contributed by atoms with E-state index in [9.17, 15) is 10.5 Å². The van der Waals surface area contributed by atoms with E-state index < -0.39 is 0 Å². The molecule has 1 aromatic heterocycles. The molecule has 0 spiro atoms. The second-order valence-electron chi connectivity index (χ2n) is 5.76. The smallest absolute Gasteiger partial charge is 0.0991 e. The van der Waals surface area contributed by atoms with Gasteiger partial charge in [0.05, 0.1) is 23.3 Å². The highest BCUT2D eigenvalue weighted by molar-refractivity contribution is 6.09. The third kappa shape index (κ3) is 2.20. The van der Waals surface area contributed by atoms with Gasteiger partial charge in [0.1, 0.15) is 0 Å². The highest BCUT2D eigenvalue weighted by atomic mass is 15.0. The average molecular weight is 307 g/mol. The summed E-state index contributed by atoms with van der Waals surface area (Å²) in [5, 5.41) is 20.4. The summed E-state index contributed by atoms with van der Waals surface area (Å²) in [4.78, 5) is 0. The normalized spacial score (nSPS) is 10.6. The largest absolute Gasteiger partial charge is 0.336 e. The van der Waals surface area contributed by atoms with Crippen LogP contribution >= 0.6 is 0 Å². The van der Waals surface area contributed by atoms with Crippen LogP contribution in [0.1, 0.15) is 16.7 Å². The minimum atomic E-state index is 0.628. The monoisotopic (exact) mass is 307 g/mol. The lowest BCUT2D eigenvalue weighted by Crippen LogP contribution is -1.99. The minimum absolute atomic E-state index is 0.628. The number of hydrogen-bond donors (Lipinski definition) is 0. The van der Waals surface area contributed by atoms with Gasteiger partial charge in [0, 0.05) is 28.4 Å². The number of rotatable bonds is 2. The van der Waals surface area contributed by atoms with E-state index in [1.54, 1.807) is 0 Å². The highest BCUT2D eigenvalue weighted by Gasteiger charge is 2.12. The van der Waals surface area contributed by atoms with Crippen LogP contribution in [-0.4, -0.2) is 4.57 Å². The molecule has 0 unspecified atom stereocenters. The second-order valence-corrected chi connectivity index (χ2v) is 5.76. The first-order valence-corrected chi connectivity index (χ1v) is 7.70. The van der Waals surface area contributed by atoms with Crippen molar-refractivity contribution in [2.24, 2.45) is 0 Å². The summed E-state index contributed by atoms with van der Waals surface area (Å²) >= 11 is 0. The molecule has 0 aliphatic rings. The van der Waals surface area contributed by atoms with Gasteiger partial charge in [-0.25, -0.2) is 0 Å². The van der Waals surface area contributed by atoms with Crippen LogP contribution in [0.25, 0.3) is 21.8 Å². The molecule has 0 aliphatic heterocycles. The third-order valence-corrected chi connectivity index (χ3v) is 4.31. The van der Waals surface area contributed by atoms with Crippen molar-refractivity contribution in [2.45, 2.75) is 6.54 Å². The van der Waals surface area contributed by atoms with E-state index in [0.29, 0.717) is 11.1 Å². The average Bonchev–Trinajstić information content (AvgIpc) is 2.95. The number of aromatic nitrogens is 1. The summed E-state index contributed by atoms with van der Waals surface area (Å²) in [6.07, 6.45) is 0. The van der Waals surface area contributed by atoms with E-state index in [1.165, 1.54) is 5.56 Å². The van der Waals surface area contributed by atoms with Crippen molar-refractivity contribution in [3.63, 3.8) is 0 Å². The molecule has 0 saturated carbocycles. The Hall–Kier alpha value is -3.56. The number of nitriles is 2. The summed E-state index contributed by atoms with van der Waals surface area (Å²) in [6, 6.07) is 26.1. The Morgan fingerprint density at radius 3 is 1.75 bits per heavy atom. The van der Waals surface area contributed by atoms with Crippen molar-refractivity contribution >= 4 is 21.8 Å². The predicted molar refractivity (Wildman–Crippen MR) is 94.4 cm³/mol. The third-order valence-electron chi connectivity index (χ3n) is 4.31. The van der Waals surface area contributed by atoms with Crippen molar-refractivity contribution in [3.05, 3.63) is 83.4 Å². The van der Waals surface area contributed by atoms with Crippen LogP contribution in [0.3, 0.4) is 0 Å². The standard InChI is InChI=1S/C21H13N3/c22-12-16-6-8-20-18(10-16)19-11-17(13-23)7-9-21(19)24(20)14-15-4-2-1-3-5-15/h1-11H,14H2. The quantitative estimate of drug-likeness (QED) is 0.544. The number of fused-ring (bicyclic) bond motifs is 3. The van der Waals surface area contributed by atoms with E-state index >= 15 is 0 Å². The van der Waals surface area contributed by atoms with Crippen LogP contribution in [0.4, 0.5) is 0 Å². The van der Waals surface area contributed by atoms with Gasteiger partial charge >= 0.3 is 0 Å². The molecule has 24 heavy (non-hydrogen) atoms. The summed E-state index contributed by atoms with van der Waals surface area (Å²) < 4.78 is 2.24. The lowest BCUT2D eigenvalue weighted by atomic mass is 10.1. The number of nitrogens with zero attached hydrogens (tertiary/aromatic N) is 3. The fourth-order valence-electron chi connectivity index (χ4n) is 3.18. The zero-order chi connectivity index (χ0) is 16.5.